The van der Waals surface area contributed by atoms with E-state index in [4.69, 9.17) is 5.73 Å². The van der Waals surface area contributed by atoms with Gasteiger partial charge in [-0.3, -0.25) is 4.79 Å². The number of aryl methyl sites for hydroxylation is 1. The van der Waals surface area contributed by atoms with Crippen LogP contribution >= 0.6 is 0 Å². The molecule has 3 N–H and O–H groups in total. The minimum absolute atomic E-state index is 0.271. The minimum atomic E-state index is -0.271. The van der Waals surface area contributed by atoms with Crippen molar-refractivity contribution in [2.75, 3.05) is 0 Å². The number of carbonyl (C=O) groups is 1. The lowest BCUT2D eigenvalue weighted by atomic mass is 10.0. The summed E-state index contributed by atoms with van der Waals surface area (Å²) in [6.45, 7) is 3.60. The molecule has 130 valence electrons. The molecule has 0 saturated heterocycles. The second kappa shape index (κ2) is 7.99. The summed E-state index contributed by atoms with van der Waals surface area (Å²) in [6, 6.07) is 19.2. The van der Waals surface area contributed by atoms with Gasteiger partial charge in [0.2, 0.25) is 5.91 Å². The van der Waals surface area contributed by atoms with E-state index in [1.807, 2.05) is 12.1 Å². The van der Waals surface area contributed by atoms with Gasteiger partial charge < -0.3 is 15.6 Å². The molecule has 4 nitrogen and oxygen atoms in total. The van der Waals surface area contributed by atoms with Gasteiger partial charge in [-0.1, -0.05) is 55.5 Å². The quantitative estimate of drug-likeness (QED) is 0.658. The average Bonchev–Trinajstić information content (AvgIpc) is 2.99. The molecule has 0 fully saturated rings. The largest absolute Gasteiger partial charge is 0.370 e. The number of amides is 1. The summed E-state index contributed by atoms with van der Waals surface area (Å²) in [7, 11) is 0. The summed E-state index contributed by atoms with van der Waals surface area (Å²) in [5, 5.41) is 4.89. The maximum atomic E-state index is 11.1. The first-order valence-corrected chi connectivity index (χ1v) is 8.82. The Hall–Kier alpha value is -2.59. The Labute approximate surface area is 148 Å². The van der Waals surface area contributed by atoms with E-state index in [2.05, 4.69) is 65.5 Å². The number of benzene rings is 2. The molecule has 1 heterocycles. The Kier molecular flexibility index (Phi) is 5.51. The first kappa shape index (κ1) is 17.2. The van der Waals surface area contributed by atoms with Crippen LogP contribution in [0.25, 0.3) is 10.9 Å². The molecule has 25 heavy (non-hydrogen) atoms. The first-order valence-electron chi connectivity index (χ1n) is 8.82. The summed E-state index contributed by atoms with van der Waals surface area (Å²) in [6.07, 6.45) is 3.52. The van der Waals surface area contributed by atoms with Crippen LogP contribution in [0, 0.1) is 0 Å². The van der Waals surface area contributed by atoms with Crippen LogP contribution in [-0.4, -0.2) is 10.5 Å². The van der Waals surface area contributed by atoms with Crippen molar-refractivity contribution < 1.29 is 4.79 Å². The topological polar surface area (TPSA) is 60.1 Å². The molecule has 2 aromatic carbocycles. The molecule has 0 bridgehead atoms. The number of aromatic nitrogens is 1. The summed E-state index contributed by atoms with van der Waals surface area (Å²) >= 11 is 0. The summed E-state index contributed by atoms with van der Waals surface area (Å²) in [5.74, 6) is -0.271. The molecule has 0 unspecified atom stereocenters. The molecule has 3 rings (SSSR count). The van der Waals surface area contributed by atoms with Gasteiger partial charge in [0.25, 0.3) is 0 Å². The predicted molar refractivity (Wildman–Crippen MR) is 102 cm³/mol. The fraction of sp³-hybridized carbons (Fsp3) is 0.286. The molecular formula is C21H25N3O. The summed E-state index contributed by atoms with van der Waals surface area (Å²) in [5.41, 5.74) is 9.01. The van der Waals surface area contributed by atoms with Crippen LogP contribution in [0.15, 0.2) is 60.8 Å². The number of nitrogens with two attached hydrogens (primary N) is 1. The minimum Gasteiger partial charge on any atom is -0.370 e. The number of para-hydroxylation sites is 1. The average molecular weight is 335 g/mol. The van der Waals surface area contributed by atoms with Crippen molar-refractivity contribution >= 4 is 16.8 Å². The highest BCUT2D eigenvalue weighted by molar-refractivity contribution is 5.84. The van der Waals surface area contributed by atoms with Crippen LogP contribution in [0.1, 0.15) is 36.9 Å². The Morgan fingerprint density at radius 2 is 1.84 bits per heavy atom. The molecule has 0 aliphatic heterocycles. The molecule has 1 amide bonds. The fourth-order valence-electron chi connectivity index (χ4n) is 3.30. The zero-order valence-electron chi connectivity index (χ0n) is 14.6. The lowest BCUT2D eigenvalue weighted by Gasteiger charge is -2.17. The van der Waals surface area contributed by atoms with Crippen molar-refractivity contribution in [1.29, 1.82) is 0 Å². The third-order valence-electron chi connectivity index (χ3n) is 4.62. The Balaban J connectivity index is 1.80. The monoisotopic (exact) mass is 335 g/mol. The zero-order chi connectivity index (χ0) is 17.6. The molecule has 4 heteroatoms. The fourth-order valence-corrected chi connectivity index (χ4v) is 3.30. The van der Waals surface area contributed by atoms with Gasteiger partial charge in [-0.05, 0) is 23.6 Å². The molecule has 3 aromatic rings. The van der Waals surface area contributed by atoms with Crippen LogP contribution in [-0.2, 0) is 17.9 Å². The van der Waals surface area contributed by atoms with Gasteiger partial charge in [0.05, 0.1) is 0 Å². The number of fused-ring (bicyclic) bond motifs is 1. The second-order valence-corrected chi connectivity index (χ2v) is 6.33. The van der Waals surface area contributed by atoms with Crippen molar-refractivity contribution in [3.8, 4) is 0 Å². The third-order valence-corrected chi connectivity index (χ3v) is 4.62. The molecule has 0 aliphatic rings. The van der Waals surface area contributed by atoms with Gasteiger partial charge >= 0.3 is 0 Å². The van der Waals surface area contributed by atoms with E-state index < -0.39 is 0 Å². The second-order valence-electron chi connectivity index (χ2n) is 6.33. The molecule has 0 saturated carbocycles. The van der Waals surface area contributed by atoms with Gasteiger partial charge in [-0.2, -0.15) is 0 Å². The van der Waals surface area contributed by atoms with Crippen LogP contribution in [0.5, 0.6) is 0 Å². The van der Waals surface area contributed by atoms with E-state index in [0.29, 0.717) is 19.0 Å². The summed E-state index contributed by atoms with van der Waals surface area (Å²) in [4.78, 5) is 11.1. The number of hydrogen-bond acceptors (Lipinski definition) is 2. The zero-order valence-corrected chi connectivity index (χ0v) is 14.6. The lowest BCUT2D eigenvalue weighted by Crippen LogP contribution is -2.20. The Morgan fingerprint density at radius 1 is 1.12 bits per heavy atom. The van der Waals surface area contributed by atoms with Gasteiger partial charge in [-0.15, -0.1) is 0 Å². The van der Waals surface area contributed by atoms with Crippen LogP contribution in [0.4, 0.5) is 0 Å². The highest BCUT2D eigenvalue weighted by Gasteiger charge is 2.12. The molecular weight excluding hydrogens is 310 g/mol. The number of nitrogens with zero attached hydrogens (tertiary/aromatic N) is 1. The van der Waals surface area contributed by atoms with Crippen molar-refractivity contribution in [3.63, 3.8) is 0 Å². The Morgan fingerprint density at radius 3 is 2.56 bits per heavy atom. The predicted octanol–water partition coefficient (Wildman–Crippen LogP) is 3.76. The molecule has 0 spiro atoms. The number of nitrogens with one attached hydrogen (secondary N) is 1. The van der Waals surface area contributed by atoms with Crippen LogP contribution in [0.3, 0.4) is 0 Å². The smallest absolute Gasteiger partial charge is 0.219 e. The molecule has 1 atom stereocenters. The van der Waals surface area contributed by atoms with Gasteiger partial charge in [-0.25, -0.2) is 0 Å². The standard InChI is InChI=1S/C21H25N3O/c1-2-19(16-8-4-3-5-9-16)23-14-17-15-24(13-12-21(22)25)20-11-7-6-10-18(17)20/h3-11,15,19,23H,2,12-14H2,1H3,(H2,22,25)/t19-/m0/s1. The molecule has 1 aromatic heterocycles. The number of primary amides is 1. The van der Waals surface area contributed by atoms with Gasteiger partial charge in [0.15, 0.2) is 0 Å². The van der Waals surface area contributed by atoms with Crippen molar-refractivity contribution in [3.05, 3.63) is 71.9 Å². The van der Waals surface area contributed by atoms with Gasteiger partial charge in [0, 0.05) is 42.7 Å². The van der Waals surface area contributed by atoms with Crippen LogP contribution < -0.4 is 11.1 Å². The molecule has 0 radical (unpaired) electrons. The van der Waals surface area contributed by atoms with Crippen molar-refractivity contribution in [1.82, 2.24) is 9.88 Å². The number of carbonyl (C=O) groups excluding carboxylic acids is 1. The van der Waals surface area contributed by atoms with Crippen molar-refractivity contribution in [2.24, 2.45) is 5.73 Å². The maximum absolute atomic E-state index is 11.1. The Bertz CT molecular complexity index is 839. The van der Waals surface area contributed by atoms with Crippen LogP contribution in [0.2, 0.25) is 0 Å². The molecule has 0 aliphatic carbocycles. The van der Waals surface area contributed by atoms with E-state index in [0.717, 1.165) is 18.5 Å². The first-order chi connectivity index (χ1) is 12.2. The van der Waals surface area contributed by atoms with E-state index >= 15 is 0 Å². The third kappa shape index (κ3) is 4.09. The lowest BCUT2D eigenvalue weighted by molar-refractivity contribution is -0.118. The van der Waals surface area contributed by atoms with E-state index in [-0.39, 0.29) is 5.91 Å². The maximum Gasteiger partial charge on any atom is 0.219 e. The normalized spacial score (nSPS) is 12.4. The van der Waals surface area contributed by atoms with E-state index in [9.17, 15) is 4.79 Å². The highest BCUT2D eigenvalue weighted by Crippen LogP contribution is 2.23. The number of rotatable bonds is 8. The van der Waals surface area contributed by atoms with E-state index in [1.54, 1.807) is 0 Å². The van der Waals surface area contributed by atoms with Gasteiger partial charge in [0.1, 0.15) is 0 Å². The summed E-state index contributed by atoms with van der Waals surface area (Å²) < 4.78 is 2.13. The van der Waals surface area contributed by atoms with Crippen molar-refractivity contribution in [2.45, 2.75) is 38.9 Å². The SMILES string of the molecule is CC[C@H](NCc1cn(CCC(N)=O)c2ccccc12)c1ccccc1. The van der Waals surface area contributed by atoms with E-state index in [1.165, 1.54) is 16.5 Å². The number of hydrogen-bond donors (Lipinski definition) is 2. The highest BCUT2D eigenvalue weighted by atomic mass is 16.1.